The Balaban J connectivity index is 1.16. The highest BCUT2D eigenvalue weighted by Gasteiger charge is 2.25. The maximum atomic E-state index is 13.4. The second-order valence-corrected chi connectivity index (χ2v) is 8.42. The lowest BCUT2D eigenvalue weighted by Gasteiger charge is -2.32. The van der Waals surface area contributed by atoms with E-state index in [1.807, 2.05) is 35.4 Å². The van der Waals surface area contributed by atoms with Gasteiger partial charge in [0.15, 0.2) is 11.5 Å². The number of nitrogens with one attached hydrogen (secondary N) is 1. The average Bonchev–Trinajstić information content (AvgIpc) is 3.06. The lowest BCUT2D eigenvalue weighted by atomic mass is 9.89. The highest BCUT2D eigenvalue weighted by molar-refractivity contribution is 5.84. The van der Waals surface area contributed by atoms with Gasteiger partial charge >= 0.3 is 0 Å². The van der Waals surface area contributed by atoms with Crippen molar-refractivity contribution >= 4 is 16.8 Å². The lowest BCUT2D eigenvalue weighted by Crippen LogP contribution is -2.38. The first-order valence-corrected chi connectivity index (χ1v) is 11.1. The minimum Gasteiger partial charge on any atom is -0.490 e. The largest absolute Gasteiger partial charge is 0.490 e. The third kappa shape index (κ3) is 4.24. The van der Waals surface area contributed by atoms with E-state index < -0.39 is 0 Å². The molecule has 3 heterocycles. The quantitative estimate of drug-likeness (QED) is 0.657. The van der Waals surface area contributed by atoms with E-state index in [4.69, 9.17) is 9.47 Å². The van der Waals surface area contributed by atoms with Crippen LogP contribution in [-0.2, 0) is 11.2 Å². The van der Waals surface area contributed by atoms with E-state index in [0.717, 1.165) is 60.3 Å². The topological polar surface area (TPSA) is 54.6 Å². The van der Waals surface area contributed by atoms with Gasteiger partial charge in [0.2, 0.25) is 5.91 Å². The molecular weight excluding hydrogens is 395 g/mol. The molecular formula is C25H27FN2O3. The second-order valence-electron chi connectivity index (χ2n) is 8.42. The maximum Gasteiger partial charge on any atom is 0.222 e. The van der Waals surface area contributed by atoms with Crippen LogP contribution in [0.25, 0.3) is 10.9 Å². The first kappa shape index (κ1) is 19.9. The van der Waals surface area contributed by atoms with Crippen LogP contribution in [0.1, 0.15) is 42.7 Å². The smallest absolute Gasteiger partial charge is 0.222 e. The Hall–Kier alpha value is -3.02. The van der Waals surface area contributed by atoms with Gasteiger partial charge in [-0.1, -0.05) is 6.07 Å². The lowest BCUT2D eigenvalue weighted by molar-refractivity contribution is -0.132. The Morgan fingerprint density at radius 1 is 1.06 bits per heavy atom. The monoisotopic (exact) mass is 422 g/mol. The van der Waals surface area contributed by atoms with Crippen molar-refractivity contribution in [3.63, 3.8) is 0 Å². The number of amides is 1. The first-order valence-electron chi connectivity index (χ1n) is 11.1. The van der Waals surface area contributed by atoms with Crippen LogP contribution in [0.3, 0.4) is 0 Å². The van der Waals surface area contributed by atoms with Crippen molar-refractivity contribution in [3.8, 4) is 11.5 Å². The van der Waals surface area contributed by atoms with Gasteiger partial charge in [-0.05, 0) is 66.6 Å². The highest BCUT2D eigenvalue weighted by atomic mass is 19.1. The van der Waals surface area contributed by atoms with Gasteiger partial charge in [-0.25, -0.2) is 4.39 Å². The third-order valence-corrected chi connectivity index (χ3v) is 6.40. The van der Waals surface area contributed by atoms with Crippen molar-refractivity contribution in [2.75, 3.05) is 26.3 Å². The molecule has 0 spiro atoms. The summed E-state index contributed by atoms with van der Waals surface area (Å²) in [7, 11) is 0. The molecule has 3 aromatic rings. The molecule has 6 heteroatoms. The maximum absolute atomic E-state index is 13.4. The Kier molecular flexibility index (Phi) is 5.53. The number of ether oxygens (including phenoxy) is 2. The minimum atomic E-state index is -0.227. The number of likely N-dealkylation sites (tertiary alicyclic amines) is 1. The summed E-state index contributed by atoms with van der Waals surface area (Å²) in [5.41, 5.74) is 3.16. The van der Waals surface area contributed by atoms with E-state index in [-0.39, 0.29) is 11.7 Å². The van der Waals surface area contributed by atoms with E-state index in [9.17, 15) is 9.18 Å². The van der Waals surface area contributed by atoms with Crippen LogP contribution in [-0.4, -0.2) is 42.1 Å². The number of carbonyl (C=O) groups is 1. The van der Waals surface area contributed by atoms with Crippen molar-refractivity contribution in [2.24, 2.45) is 0 Å². The number of piperidine rings is 1. The molecule has 162 valence electrons. The van der Waals surface area contributed by atoms with Crippen LogP contribution >= 0.6 is 0 Å². The summed E-state index contributed by atoms with van der Waals surface area (Å²) in [4.78, 5) is 17.9. The third-order valence-electron chi connectivity index (χ3n) is 6.40. The zero-order chi connectivity index (χ0) is 21.2. The summed E-state index contributed by atoms with van der Waals surface area (Å²) < 4.78 is 24.9. The number of hydrogen-bond donors (Lipinski definition) is 1. The van der Waals surface area contributed by atoms with Gasteiger partial charge < -0.3 is 19.4 Å². The van der Waals surface area contributed by atoms with Crippen LogP contribution in [0.4, 0.5) is 4.39 Å². The molecule has 1 saturated heterocycles. The molecule has 0 aliphatic carbocycles. The van der Waals surface area contributed by atoms with Gasteiger partial charge in [-0.3, -0.25) is 4.79 Å². The number of hydrogen-bond acceptors (Lipinski definition) is 3. The predicted octanol–water partition coefficient (Wildman–Crippen LogP) is 4.81. The van der Waals surface area contributed by atoms with Crippen LogP contribution in [0.2, 0.25) is 0 Å². The molecule has 2 aromatic carbocycles. The highest BCUT2D eigenvalue weighted by Crippen LogP contribution is 2.34. The molecule has 1 aromatic heterocycles. The number of rotatable bonds is 4. The fraction of sp³-hybridized carbons (Fsp3) is 0.400. The summed E-state index contributed by atoms with van der Waals surface area (Å²) in [6.07, 6.45) is 5.94. The summed E-state index contributed by atoms with van der Waals surface area (Å²) in [5.74, 6) is 1.93. The Morgan fingerprint density at radius 3 is 2.71 bits per heavy atom. The molecule has 31 heavy (non-hydrogen) atoms. The van der Waals surface area contributed by atoms with E-state index in [0.29, 0.717) is 32.0 Å². The number of aryl methyl sites for hydroxylation is 1. The van der Waals surface area contributed by atoms with Gasteiger partial charge in [-0.2, -0.15) is 0 Å². The van der Waals surface area contributed by atoms with Gasteiger partial charge in [0.05, 0.1) is 13.2 Å². The van der Waals surface area contributed by atoms with Crippen LogP contribution in [0, 0.1) is 5.82 Å². The molecule has 0 unspecified atom stereocenters. The Labute approximate surface area is 181 Å². The SMILES string of the molecule is O=C(CCc1ccc2c(c1)OCCCO2)N1CCC(c2c[nH]c3cc(F)ccc23)CC1. The molecule has 0 radical (unpaired) electrons. The van der Waals surface area contributed by atoms with E-state index in [1.165, 1.54) is 17.7 Å². The molecule has 0 saturated carbocycles. The summed E-state index contributed by atoms with van der Waals surface area (Å²) in [5, 5.41) is 1.08. The van der Waals surface area contributed by atoms with Crippen LogP contribution in [0.15, 0.2) is 42.6 Å². The molecule has 2 aliphatic heterocycles. The Morgan fingerprint density at radius 2 is 1.87 bits per heavy atom. The minimum absolute atomic E-state index is 0.201. The molecule has 2 aliphatic rings. The molecule has 1 N–H and O–H groups in total. The molecule has 5 rings (SSSR count). The van der Waals surface area contributed by atoms with Gasteiger partial charge in [0.1, 0.15) is 5.82 Å². The first-order chi connectivity index (χ1) is 15.2. The molecule has 0 atom stereocenters. The molecule has 1 amide bonds. The molecule has 5 nitrogen and oxygen atoms in total. The van der Waals surface area contributed by atoms with Gasteiger partial charge in [-0.15, -0.1) is 0 Å². The summed E-state index contributed by atoms with van der Waals surface area (Å²) in [6, 6.07) is 10.9. The molecule has 1 fully saturated rings. The number of halogens is 1. The number of carbonyl (C=O) groups excluding carboxylic acids is 1. The van der Waals surface area contributed by atoms with Crippen molar-refractivity contribution < 1.29 is 18.7 Å². The van der Waals surface area contributed by atoms with Crippen molar-refractivity contribution in [1.29, 1.82) is 0 Å². The fourth-order valence-electron chi connectivity index (χ4n) is 4.67. The number of nitrogens with zero attached hydrogens (tertiary/aromatic N) is 1. The van der Waals surface area contributed by atoms with Crippen molar-refractivity contribution in [3.05, 3.63) is 59.5 Å². The average molecular weight is 423 g/mol. The van der Waals surface area contributed by atoms with E-state index >= 15 is 0 Å². The van der Waals surface area contributed by atoms with E-state index in [1.54, 1.807) is 0 Å². The predicted molar refractivity (Wildman–Crippen MR) is 117 cm³/mol. The van der Waals surface area contributed by atoms with Crippen molar-refractivity contribution in [2.45, 2.75) is 38.0 Å². The number of H-pyrrole nitrogens is 1. The number of fused-ring (bicyclic) bond motifs is 2. The molecule has 0 bridgehead atoms. The summed E-state index contributed by atoms with van der Waals surface area (Å²) >= 11 is 0. The van der Waals surface area contributed by atoms with Crippen LogP contribution in [0.5, 0.6) is 11.5 Å². The summed E-state index contributed by atoms with van der Waals surface area (Å²) in [6.45, 7) is 2.86. The number of aromatic amines is 1. The van der Waals surface area contributed by atoms with Gasteiger partial charge in [0.25, 0.3) is 0 Å². The zero-order valence-corrected chi connectivity index (χ0v) is 17.5. The van der Waals surface area contributed by atoms with Crippen molar-refractivity contribution in [1.82, 2.24) is 9.88 Å². The normalized spacial score (nSPS) is 17.0. The Bertz CT molecular complexity index is 1090. The second kappa shape index (κ2) is 8.61. The zero-order valence-electron chi connectivity index (χ0n) is 17.5. The standard InChI is InChI=1S/C25H27FN2O3/c26-19-4-5-20-21(16-27-22(20)15-19)18-8-10-28(11-9-18)25(29)7-3-17-2-6-23-24(14-17)31-13-1-12-30-23/h2,4-6,14-16,18,27H,1,3,7-13H2. The van der Waals surface area contributed by atoms with E-state index in [2.05, 4.69) is 4.98 Å². The number of benzene rings is 2. The van der Waals surface area contributed by atoms with Crippen LogP contribution < -0.4 is 9.47 Å². The number of aromatic nitrogens is 1. The fourth-order valence-corrected chi connectivity index (χ4v) is 4.67. The van der Waals surface area contributed by atoms with Gasteiger partial charge in [0, 0.05) is 43.0 Å².